The molecule has 0 fully saturated rings. The van der Waals surface area contributed by atoms with E-state index in [9.17, 15) is 9.59 Å². The van der Waals surface area contributed by atoms with E-state index in [0.717, 1.165) is 20.1 Å². The number of ether oxygens (including phenoxy) is 2. The number of hydrogen-bond donors (Lipinski definition) is 0. The summed E-state index contributed by atoms with van der Waals surface area (Å²) >= 11 is 6.69. The average Bonchev–Trinajstić information content (AvgIpc) is 2.65. The molecular formula is C22H26Br2O4. The fraction of sp³-hybridized carbons (Fsp3) is 0.364. The minimum Gasteiger partial charge on any atom is -0.466 e. The quantitative estimate of drug-likeness (QED) is 0.455. The van der Waals surface area contributed by atoms with Crippen molar-refractivity contribution in [3.63, 3.8) is 0 Å². The standard InChI is InChI=1S/C12H15BrO2.C10H11BrO2/c1-4-15-11(14)12(2,3)9-5-7-10(13)8-6-9;1-2-13-10(12)7-8-3-5-9(11)6-4-8/h5-8H,4H2,1-3H3;3-6H,2,7H2,1H3. The SMILES string of the molecule is CCOC(=O)C(C)(C)c1ccc(Br)cc1.CCOC(=O)Cc1ccc(Br)cc1. The normalized spacial score (nSPS) is 10.5. The van der Waals surface area contributed by atoms with Gasteiger partial charge < -0.3 is 9.47 Å². The highest BCUT2D eigenvalue weighted by atomic mass is 79.9. The van der Waals surface area contributed by atoms with Crippen LogP contribution in [0, 0.1) is 0 Å². The molecule has 0 radical (unpaired) electrons. The van der Waals surface area contributed by atoms with Crippen molar-refractivity contribution in [3.8, 4) is 0 Å². The predicted octanol–water partition coefficient (Wildman–Crippen LogP) is 5.84. The van der Waals surface area contributed by atoms with E-state index < -0.39 is 5.41 Å². The van der Waals surface area contributed by atoms with Gasteiger partial charge in [-0.15, -0.1) is 0 Å². The van der Waals surface area contributed by atoms with Gasteiger partial charge in [-0.2, -0.15) is 0 Å². The van der Waals surface area contributed by atoms with Crippen molar-refractivity contribution in [2.45, 2.75) is 39.5 Å². The second-order valence-corrected chi connectivity index (χ2v) is 8.29. The van der Waals surface area contributed by atoms with Crippen LogP contribution in [-0.2, 0) is 30.9 Å². The summed E-state index contributed by atoms with van der Waals surface area (Å²) in [5, 5.41) is 0. The lowest BCUT2D eigenvalue weighted by atomic mass is 9.85. The highest BCUT2D eigenvalue weighted by Crippen LogP contribution is 2.26. The molecular weight excluding hydrogens is 488 g/mol. The largest absolute Gasteiger partial charge is 0.466 e. The maximum Gasteiger partial charge on any atom is 0.315 e. The zero-order chi connectivity index (χ0) is 21.2. The van der Waals surface area contributed by atoms with Crippen LogP contribution in [-0.4, -0.2) is 25.2 Å². The molecule has 0 spiro atoms. The monoisotopic (exact) mass is 512 g/mol. The Morgan fingerprint density at radius 3 is 1.75 bits per heavy atom. The second kappa shape index (κ2) is 12.0. The van der Waals surface area contributed by atoms with E-state index >= 15 is 0 Å². The molecule has 0 aliphatic heterocycles. The Kier molecular flexibility index (Phi) is 10.5. The van der Waals surface area contributed by atoms with Crippen molar-refractivity contribution in [1.29, 1.82) is 0 Å². The molecule has 0 atom stereocenters. The first-order chi connectivity index (χ1) is 13.2. The van der Waals surface area contributed by atoms with Gasteiger partial charge >= 0.3 is 11.9 Å². The molecule has 4 nitrogen and oxygen atoms in total. The van der Waals surface area contributed by atoms with Crippen molar-refractivity contribution >= 4 is 43.8 Å². The van der Waals surface area contributed by atoms with Crippen LogP contribution in [0.3, 0.4) is 0 Å². The van der Waals surface area contributed by atoms with Gasteiger partial charge in [0.1, 0.15) is 0 Å². The average molecular weight is 514 g/mol. The number of halogens is 2. The first-order valence-corrected chi connectivity index (χ1v) is 10.6. The Hall–Kier alpha value is -1.66. The minimum absolute atomic E-state index is 0.176. The molecule has 0 heterocycles. The third kappa shape index (κ3) is 8.15. The predicted molar refractivity (Wildman–Crippen MR) is 118 cm³/mol. The van der Waals surface area contributed by atoms with Gasteiger partial charge in [0.05, 0.1) is 25.0 Å². The Morgan fingerprint density at radius 2 is 1.29 bits per heavy atom. The lowest BCUT2D eigenvalue weighted by Gasteiger charge is -2.22. The maximum absolute atomic E-state index is 11.7. The van der Waals surface area contributed by atoms with Gasteiger partial charge in [-0.25, -0.2) is 0 Å². The van der Waals surface area contributed by atoms with E-state index in [1.54, 1.807) is 6.92 Å². The number of hydrogen-bond acceptors (Lipinski definition) is 4. The highest BCUT2D eigenvalue weighted by Gasteiger charge is 2.30. The Balaban J connectivity index is 0.000000283. The summed E-state index contributed by atoms with van der Waals surface area (Å²) < 4.78 is 11.9. The number of carbonyl (C=O) groups excluding carboxylic acids is 2. The summed E-state index contributed by atoms with van der Waals surface area (Å²) in [5.41, 5.74) is 1.35. The molecule has 0 aliphatic carbocycles. The van der Waals surface area contributed by atoms with E-state index in [4.69, 9.17) is 9.47 Å². The van der Waals surface area contributed by atoms with Crippen LogP contribution >= 0.6 is 31.9 Å². The van der Waals surface area contributed by atoms with Crippen molar-refractivity contribution in [2.24, 2.45) is 0 Å². The third-order valence-electron chi connectivity index (χ3n) is 3.92. The van der Waals surface area contributed by atoms with Crippen LogP contribution in [0.1, 0.15) is 38.8 Å². The fourth-order valence-corrected chi connectivity index (χ4v) is 2.81. The molecule has 0 aliphatic rings. The first kappa shape index (κ1) is 24.4. The summed E-state index contributed by atoms with van der Waals surface area (Å²) in [7, 11) is 0. The molecule has 0 amide bonds. The smallest absolute Gasteiger partial charge is 0.315 e. The Bertz CT molecular complexity index is 753. The van der Waals surface area contributed by atoms with Crippen molar-refractivity contribution in [3.05, 3.63) is 68.6 Å². The molecule has 152 valence electrons. The fourth-order valence-electron chi connectivity index (χ4n) is 2.28. The molecule has 2 aromatic rings. The molecule has 0 bridgehead atoms. The van der Waals surface area contributed by atoms with Gasteiger partial charge in [0.2, 0.25) is 0 Å². The summed E-state index contributed by atoms with van der Waals surface area (Å²) in [6.07, 6.45) is 0.348. The Morgan fingerprint density at radius 1 is 0.821 bits per heavy atom. The number of esters is 2. The van der Waals surface area contributed by atoms with Crippen molar-refractivity contribution in [2.75, 3.05) is 13.2 Å². The first-order valence-electron chi connectivity index (χ1n) is 9.04. The topological polar surface area (TPSA) is 52.6 Å². The summed E-state index contributed by atoms with van der Waals surface area (Å²) in [6.45, 7) is 8.21. The Labute approximate surface area is 183 Å². The molecule has 6 heteroatoms. The second-order valence-electron chi connectivity index (χ2n) is 6.46. The summed E-state index contributed by atoms with van der Waals surface area (Å²) in [4.78, 5) is 22.8. The van der Waals surface area contributed by atoms with Gasteiger partial charge in [0, 0.05) is 8.95 Å². The van der Waals surface area contributed by atoms with Gasteiger partial charge in [-0.3, -0.25) is 9.59 Å². The maximum atomic E-state index is 11.7. The van der Waals surface area contributed by atoms with E-state index in [2.05, 4.69) is 31.9 Å². The van der Waals surface area contributed by atoms with Crippen molar-refractivity contribution in [1.82, 2.24) is 0 Å². The molecule has 2 aromatic carbocycles. The van der Waals surface area contributed by atoms with E-state index in [-0.39, 0.29) is 11.9 Å². The molecule has 0 unspecified atom stereocenters. The van der Waals surface area contributed by atoms with Crippen LogP contribution in [0.5, 0.6) is 0 Å². The molecule has 0 N–H and O–H groups in total. The number of benzene rings is 2. The van der Waals surface area contributed by atoms with E-state index in [1.807, 2.05) is 69.3 Å². The zero-order valence-electron chi connectivity index (χ0n) is 16.6. The molecule has 0 saturated carbocycles. The lowest BCUT2D eigenvalue weighted by molar-refractivity contribution is -0.148. The minimum atomic E-state index is -0.587. The van der Waals surface area contributed by atoms with E-state index in [1.165, 1.54) is 0 Å². The number of carbonyl (C=O) groups is 2. The van der Waals surface area contributed by atoms with Gasteiger partial charge in [-0.05, 0) is 63.1 Å². The number of rotatable bonds is 6. The highest BCUT2D eigenvalue weighted by molar-refractivity contribution is 9.10. The zero-order valence-corrected chi connectivity index (χ0v) is 19.8. The molecule has 28 heavy (non-hydrogen) atoms. The van der Waals surface area contributed by atoms with Crippen LogP contribution in [0.2, 0.25) is 0 Å². The van der Waals surface area contributed by atoms with Crippen LogP contribution in [0.4, 0.5) is 0 Å². The molecule has 0 aromatic heterocycles. The lowest BCUT2D eigenvalue weighted by Crippen LogP contribution is -2.31. The van der Waals surface area contributed by atoms with Gasteiger partial charge in [0.15, 0.2) is 0 Å². The van der Waals surface area contributed by atoms with Crippen molar-refractivity contribution < 1.29 is 19.1 Å². The van der Waals surface area contributed by atoms with Crippen LogP contribution in [0.25, 0.3) is 0 Å². The molecule has 0 saturated heterocycles. The van der Waals surface area contributed by atoms with Crippen LogP contribution in [0.15, 0.2) is 57.5 Å². The summed E-state index contributed by atoms with van der Waals surface area (Å²) in [5.74, 6) is -0.364. The van der Waals surface area contributed by atoms with E-state index in [0.29, 0.717) is 19.6 Å². The van der Waals surface area contributed by atoms with Crippen LogP contribution < -0.4 is 0 Å². The van der Waals surface area contributed by atoms with Gasteiger partial charge in [-0.1, -0.05) is 56.1 Å². The summed E-state index contributed by atoms with van der Waals surface area (Å²) in [6, 6.07) is 15.3. The third-order valence-corrected chi connectivity index (χ3v) is 4.98. The van der Waals surface area contributed by atoms with Gasteiger partial charge in [0.25, 0.3) is 0 Å². The molecule has 2 rings (SSSR count).